The summed E-state index contributed by atoms with van der Waals surface area (Å²) in [6.07, 6.45) is 3.76. The number of halogens is 1. The lowest BCUT2D eigenvalue weighted by molar-refractivity contribution is 0.453. The summed E-state index contributed by atoms with van der Waals surface area (Å²) in [5.74, 6) is 1.12. The lowest BCUT2D eigenvalue weighted by Crippen LogP contribution is -1.97. The first kappa shape index (κ1) is 11.8. The number of hydrogen-bond donors (Lipinski definition) is 0. The Kier molecular flexibility index (Phi) is 3.54. The van der Waals surface area contributed by atoms with Crippen LogP contribution in [0.3, 0.4) is 0 Å². The molecule has 0 aromatic carbocycles. The molecule has 0 saturated heterocycles. The van der Waals surface area contributed by atoms with Crippen LogP contribution in [0.15, 0.2) is 24.7 Å². The molecule has 0 N–H and O–H groups in total. The SMILES string of the molecule is CCc1c(Cl)ncnc1Oc1ccc(C)nc1. The van der Waals surface area contributed by atoms with Gasteiger partial charge in [0.25, 0.3) is 0 Å². The van der Waals surface area contributed by atoms with Gasteiger partial charge in [-0.1, -0.05) is 18.5 Å². The van der Waals surface area contributed by atoms with Gasteiger partial charge in [0.1, 0.15) is 17.2 Å². The van der Waals surface area contributed by atoms with Gasteiger partial charge in [-0.25, -0.2) is 9.97 Å². The third-order valence-electron chi connectivity index (χ3n) is 2.31. The van der Waals surface area contributed by atoms with E-state index in [1.807, 2.05) is 26.0 Å². The highest BCUT2D eigenvalue weighted by Crippen LogP contribution is 2.26. The molecule has 2 aromatic rings. The van der Waals surface area contributed by atoms with E-state index in [1.54, 1.807) is 6.20 Å². The average Bonchev–Trinajstić information content (AvgIpc) is 2.32. The minimum Gasteiger partial charge on any atom is -0.437 e. The maximum Gasteiger partial charge on any atom is 0.227 e. The first-order valence-corrected chi connectivity index (χ1v) is 5.68. The molecule has 17 heavy (non-hydrogen) atoms. The first-order valence-electron chi connectivity index (χ1n) is 5.30. The van der Waals surface area contributed by atoms with Crippen LogP contribution in [0.4, 0.5) is 0 Å². The minimum absolute atomic E-state index is 0.428. The van der Waals surface area contributed by atoms with Gasteiger partial charge in [0.05, 0.1) is 11.8 Å². The lowest BCUT2D eigenvalue weighted by atomic mass is 10.2. The van der Waals surface area contributed by atoms with E-state index in [0.717, 1.165) is 11.3 Å². The van der Waals surface area contributed by atoms with Crippen LogP contribution in [0.2, 0.25) is 5.15 Å². The van der Waals surface area contributed by atoms with Crippen LogP contribution < -0.4 is 4.74 Å². The van der Waals surface area contributed by atoms with Crippen LogP contribution in [0, 0.1) is 6.92 Å². The standard InChI is InChI=1S/C12H12ClN3O/c1-3-10-11(13)15-7-16-12(10)17-9-5-4-8(2)14-6-9/h4-7H,3H2,1-2H3. The molecule has 2 rings (SSSR count). The van der Waals surface area contributed by atoms with Crippen molar-refractivity contribution in [2.45, 2.75) is 20.3 Å². The van der Waals surface area contributed by atoms with E-state index in [1.165, 1.54) is 6.33 Å². The fourth-order valence-electron chi connectivity index (χ4n) is 1.39. The molecule has 5 heteroatoms. The molecule has 0 aliphatic carbocycles. The van der Waals surface area contributed by atoms with Gasteiger partial charge >= 0.3 is 0 Å². The monoisotopic (exact) mass is 249 g/mol. The molecule has 88 valence electrons. The van der Waals surface area contributed by atoms with E-state index in [-0.39, 0.29) is 0 Å². The van der Waals surface area contributed by atoms with Crippen LogP contribution in [0.5, 0.6) is 11.6 Å². The lowest BCUT2D eigenvalue weighted by Gasteiger charge is -2.08. The van der Waals surface area contributed by atoms with Gasteiger partial charge in [-0.2, -0.15) is 0 Å². The number of nitrogens with zero attached hydrogens (tertiary/aromatic N) is 3. The van der Waals surface area contributed by atoms with Crippen LogP contribution >= 0.6 is 11.6 Å². The fraction of sp³-hybridized carbons (Fsp3) is 0.250. The topological polar surface area (TPSA) is 47.9 Å². The Bertz CT molecular complexity index is 514. The van der Waals surface area contributed by atoms with Crippen molar-refractivity contribution in [3.63, 3.8) is 0 Å². The number of hydrogen-bond acceptors (Lipinski definition) is 4. The van der Waals surface area contributed by atoms with Crippen molar-refractivity contribution in [2.24, 2.45) is 0 Å². The highest BCUT2D eigenvalue weighted by molar-refractivity contribution is 6.30. The largest absolute Gasteiger partial charge is 0.437 e. The molecule has 0 aliphatic heterocycles. The maximum absolute atomic E-state index is 5.97. The zero-order valence-electron chi connectivity index (χ0n) is 9.64. The van der Waals surface area contributed by atoms with Crippen LogP contribution in [-0.2, 0) is 6.42 Å². The van der Waals surface area contributed by atoms with Crippen molar-refractivity contribution in [3.05, 3.63) is 41.1 Å². The summed E-state index contributed by atoms with van der Waals surface area (Å²) in [6, 6.07) is 3.72. The quantitative estimate of drug-likeness (QED) is 0.784. The zero-order valence-corrected chi connectivity index (χ0v) is 10.4. The van der Waals surface area contributed by atoms with Crippen molar-refractivity contribution < 1.29 is 4.74 Å². The van der Waals surface area contributed by atoms with E-state index < -0.39 is 0 Å². The maximum atomic E-state index is 5.97. The second-order valence-electron chi connectivity index (χ2n) is 3.54. The van der Waals surface area contributed by atoms with Crippen molar-refractivity contribution >= 4 is 11.6 Å². The smallest absolute Gasteiger partial charge is 0.227 e. The Balaban J connectivity index is 2.29. The summed E-state index contributed by atoms with van der Waals surface area (Å²) >= 11 is 5.97. The second-order valence-corrected chi connectivity index (χ2v) is 3.90. The third-order valence-corrected chi connectivity index (χ3v) is 2.63. The fourth-order valence-corrected chi connectivity index (χ4v) is 1.65. The van der Waals surface area contributed by atoms with Crippen LogP contribution in [-0.4, -0.2) is 15.0 Å². The molecule has 0 bridgehead atoms. The van der Waals surface area contributed by atoms with Crippen molar-refractivity contribution in [1.29, 1.82) is 0 Å². The summed E-state index contributed by atoms with van der Waals surface area (Å²) in [5, 5.41) is 0.428. The molecule has 0 amide bonds. The third kappa shape index (κ3) is 2.71. The molecule has 0 saturated carbocycles. The minimum atomic E-state index is 0.428. The summed E-state index contributed by atoms with van der Waals surface area (Å²) < 4.78 is 5.64. The summed E-state index contributed by atoms with van der Waals surface area (Å²) in [5.41, 5.74) is 1.74. The van der Waals surface area contributed by atoms with Gasteiger partial charge in [0.2, 0.25) is 5.88 Å². The Morgan fingerprint density at radius 3 is 2.71 bits per heavy atom. The van der Waals surface area contributed by atoms with Gasteiger partial charge in [0.15, 0.2) is 0 Å². The highest BCUT2D eigenvalue weighted by Gasteiger charge is 2.10. The number of aryl methyl sites for hydroxylation is 1. The Hall–Kier alpha value is -1.68. The van der Waals surface area contributed by atoms with Gasteiger partial charge in [-0.05, 0) is 25.5 Å². The molecule has 2 heterocycles. The molecular formula is C12H12ClN3O. The molecule has 2 aromatic heterocycles. The Labute approximate surface area is 105 Å². The van der Waals surface area contributed by atoms with E-state index in [2.05, 4.69) is 15.0 Å². The second kappa shape index (κ2) is 5.10. The first-order chi connectivity index (χ1) is 8.20. The summed E-state index contributed by atoms with van der Waals surface area (Å²) in [7, 11) is 0. The Morgan fingerprint density at radius 2 is 2.06 bits per heavy atom. The van der Waals surface area contributed by atoms with Gasteiger partial charge in [-0.15, -0.1) is 0 Å². The van der Waals surface area contributed by atoms with Gasteiger partial charge < -0.3 is 4.74 Å². The molecular weight excluding hydrogens is 238 g/mol. The summed E-state index contributed by atoms with van der Waals surface area (Å²) in [6.45, 7) is 3.90. The molecule has 0 fully saturated rings. The van der Waals surface area contributed by atoms with Gasteiger partial charge in [-0.3, -0.25) is 4.98 Å². The molecule has 4 nitrogen and oxygen atoms in total. The number of rotatable bonds is 3. The van der Waals surface area contributed by atoms with Crippen LogP contribution in [0.1, 0.15) is 18.2 Å². The van der Waals surface area contributed by atoms with Crippen molar-refractivity contribution in [2.75, 3.05) is 0 Å². The van der Waals surface area contributed by atoms with Crippen molar-refractivity contribution in [3.8, 4) is 11.6 Å². The molecule has 0 radical (unpaired) electrons. The number of aromatic nitrogens is 3. The highest BCUT2D eigenvalue weighted by atomic mass is 35.5. The average molecular weight is 250 g/mol. The Morgan fingerprint density at radius 1 is 1.24 bits per heavy atom. The number of ether oxygens (including phenoxy) is 1. The zero-order chi connectivity index (χ0) is 12.3. The van der Waals surface area contributed by atoms with Gasteiger partial charge in [0, 0.05) is 5.69 Å². The molecule has 0 spiro atoms. The number of pyridine rings is 1. The predicted molar refractivity (Wildman–Crippen MR) is 65.5 cm³/mol. The normalized spacial score (nSPS) is 10.3. The van der Waals surface area contributed by atoms with E-state index >= 15 is 0 Å². The van der Waals surface area contributed by atoms with E-state index in [9.17, 15) is 0 Å². The predicted octanol–water partition coefficient (Wildman–Crippen LogP) is 3.19. The summed E-state index contributed by atoms with van der Waals surface area (Å²) in [4.78, 5) is 12.2. The van der Waals surface area contributed by atoms with Crippen molar-refractivity contribution in [1.82, 2.24) is 15.0 Å². The van der Waals surface area contributed by atoms with Crippen LogP contribution in [0.25, 0.3) is 0 Å². The molecule has 0 aliphatic rings. The van der Waals surface area contributed by atoms with E-state index in [0.29, 0.717) is 23.2 Å². The van der Waals surface area contributed by atoms with E-state index in [4.69, 9.17) is 16.3 Å². The molecule has 0 unspecified atom stereocenters. The molecule has 0 atom stereocenters.